The predicted molar refractivity (Wildman–Crippen MR) is 147 cm³/mol. The number of amides is 3. The number of hydrogen-bond acceptors (Lipinski definition) is 5. The van der Waals surface area contributed by atoms with Crippen molar-refractivity contribution in [3.63, 3.8) is 0 Å². The van der Waals surface area contributed by atoms with E-state index in [-0.39, 0.29) is 35.6 Å². The van der Waals surface area contributed by atoms with E-state index in [0.717, 1.165) is 31.2 Å². The Bertz CT molecular complexity index is 1130. The zero-order valence-electron chi connectivity index (χ0n) is 21.8. The van der Waals surface area contributed by atoms with Gasteiger partial charge in [0.15, 0.2) is 0 Å². The van der Waals surface area contributed by atoms with Crippen molar-refractivity contribution in [3.8, 4) is 0 Å². The Kier molecular flexibility index (Phi) is 7.12. The molecule has 4 heterocycles. The van der Waals surface area contributed by atoms with Crippen molar-refractivity contribution in [2.24, 2.45) is 11.8 Å². The molecule has 0 radical (unpaired) electrons. The van der Waals surface area contributed by atoms with E-state index in [2.05, 4.69) is 24.3 Å². The molecular weight excluding hydrogens is 498 g/mol. The average Bonchev–Trinajstić information content (AvgIpc) is 3.25. The van der Waals surface area contributed by atoms with E-state index in [1.807, 2.05) is 40.1 Å². The van der Waals surface area contributed by atoms with E-state index in [0.29, 0.717) is 32.6 Å². The van der Waals surface area contributed by atoms with Crippen LogP contribution in [-0.4, -0.2) is 85.8 Å². The number of thioether (sulfide) groups is 1. The highest BCUT2D eigenvalue weighted by atomic mass is 32.2. The third kappa shape index (κ3) is 4.20. The summed E-state index contributed by atoms with van der Waals surface area (Å²) < 4.78 is -0.780. The van der Waals surface area contributed by atoms with Gasteiger partial charge in [-0.25, -0.2) is 0 Å². The van der Waals surface area contributed by atoms with Gasteiger partial charge in [0.2, 0.25) is 17.7 Å². The van der Waals surface area contributed by atoms with Crippen LogP contribution in [0.25, 0.3) is 0 Å². The fraction of sp³-hybridized carbons (Fsp3) is 0.567. The zero-order valence-corrected chi connectivity index (χ0v) is 22.6. The van der Waals surface area contributed by atoms with Crippen molar-refractivity contribution in [3.05, 3.63) is 60.2 Å². The number of nitrogens with zero attached hydrogens (tertiary/aromatic N) is 3. The molecule has 4 aliphatic heterocycles. The van der Waals surface area contributed by atoms with Gasteiger partial charge in [-0.3, -0.25) is 14.4 Å². The maximum absolute atomic E-state index is 14.3. The number of aliphatic hydroxyl groups is 1. The molecule has 0 aromatic heterocycles. The van der Waals surface area contributed by atoms with Crippen molar-refractivity contribution in [2.75, 3.05) is 26.2 Å². The van der Waals surface area contributed by atoms with Gasteiger partial charge in [-0.2, -0.15) is 0 Å². The first-order chi connectivity index (χ1) is 18.5. The summed E-state index contributed by atoms with van der Waals surface area (Å²) >= 11 is 1.64. The number of carbonyl (C=O) groups excluding carboxylic acids is 3. The van der Waals surface area contributed by atoms with Crippen molar-refractivity contribution < 1.29 is 19.5 Å². The van der Waals surface area contributed by atoms with Crippen molar-refractivity contribution in [2.45, 2.75) is 67.2 Å². The highest BCUT2D eigenvalue weighted by Gasteiger charge is 2.71. The lowest BCUT2D eigenvalue weighted by Gasteiger charge is -2.39. The van der Waals surface area contributed by atoms with E-state index in [1.54, 1.807) is 16.7 Å². The Morgan fingerprint density at radius 2 is 1.74 bits per heavy atom. The Morgan fingerprint density at radius 1 is 0.947 bits per heavy atom. The highest BCUT2D eigenvalue weighted by Crippen LogP contribution is 2.61. The predicted octanol–water partition coefficient (Wildman–Crippen LogP) is 3.00. The van der Waals surface area contributed by atoms with E-state index in [9.17, 15) is 19.5 Å². The van der Waals surface area contributed by atoms with Crippen LogP contribution in [0, 0.1) is 11.8 Å². The van der Waals surface area contributed by atoms with Gasteiger partial charge in [0, 0.05) is 44.1 Å². The minimum atomic E-state index is -0.780. The molecule has 1 unspecified atom stereocenters. The van der Waals surface area contributed by atoms with E-state index >= 15 is 0 Å². The molecule has 2 saturated heterocycles. The summed E-state index contributed by atoms with van der Waals surface area (Å²) in [6.07, 6.45) is 14.2. The fourth-order valence-corrected chi connectivity index (χ4v) is 9.36. The monoisotopic (exact) mass is 535 g/mol. The van der Waals surface area contributed by atoms with Crippen LogP contribution in [0.2, 0.25) is 0 Å². The first kappa shape index (κ1) is 25.7. The summed E-state index contributed by atoms with van der Waals surface area (Å²) in [5, 5.41) is 9.45. The second-order valence-corrected chi connectivity index (χ2v) is 12.8. The lowest BCUT2D eigenvalue weighted by molar-refractivity contribution is -0.145. The van der Waals surface area contributed by atoms with Crippen LogP contribution in [0.1, 0.15) is 44.1 Å². The van der Waals surface area contributed by atoms with Gasteiger partial charge in [0.25, 0.3) is 0 Å². The van der Waals surface area contributed by atoms with E-state index < -0.39 is 22.6 Å². The summed E-state index contributed by atoms with van der Waals surface area (Å²) in [6, 6.07) is 9.50. The quantitative estimate of drug-likeness (QED) is 0.567. The lowest BCUT2D eigenvalue weighted by atomic mass is 9.78. The molecule has 1 aromatic rings. The molecule has 1 spiro atoms. The second kappa shape index (κ2) is 10.5. The molecule has 8 heteroatoms. The van der Waals surface area contributed by atoms with Crippen LogP contribution >= 0.6 is 11.8 Å². The highest BCUT2D eigenvalue weighted by molar-refractivity contribution is 8.02. The van der Waals surface area contributed by atoms with Crippen LogP contribution in [0.4, 0.5) is 0 Å². The minimum absolute atomic E-state index is 0.0106. The standard InChI is InChI=1S/C30H37N3O4S/c34-19-9-18-33-26-29(37)32(22-12-5-2-6-13-22)17-8-15-30(26)25(28(33)36)24-23(38-30)14-7-16-31(27(24)35)20-21-10-3-1-4-11-21/h1,3-4,7-8,10-11,14-15,22-26,34H,2,5-6,9,12-13,16-20H2/t23-,24+,25-,26?,30-/m0/s1. The van der Waals surface area contributed by atoms with Crippen LogP contribution in [-0.2, 0) is 20.9 Å². The number of carbonyl (C=O) groups is 3. The van der Waals surface area contributed by atoms with Gasteiger partial charge < -0.3 is 19.8 Å². The topological polar surface area (TPSA) is 81.2 Å². The molecule has 3 amide bonds. The normalized spacial score (nSPS) is 33.3. The Hall–Kier alpha value is -2.58. The molecule has 1 aliphatic carbocycles. The molecule has 38 heavy (non-hydrogen) atoms. The fourth-order valence-electron chi connectivity index (χ4n) is 7.35. The molecule has 1 N–H and O–H groups in total. The van der Waals surface area contributed by atoms with Gasteiger partial charge in [0.05, 0.1) is 16.6 Å². The van der Waals surface area contributed by atoms with Gasteiger partial charge in [-0.1, -0.05) is 73.9 Å². The maximum atomic E-state index is 14.3. The Balaban J connectivity index is 1.36. The number of aliphatic hydroxyl groups excluding tert-OH is 1. The minimum Gasteiger partial charge on any atom is -0.396 e. The first-order valence-electron chi connectivity index (χ1n) is 14.1. The largest absolute Gasteiger partial charge is 0.396 e. The third-order valence-electron chi connectivity index (χ3n) is 9.06. The second-order valence-electron chi connectivity index (χ2n) is 11.3. The number of likely N-dealkylation sites (tertiary alicyclic amines) is 1. The van der Waals surface area contributed by atoms with Crippen LogP contribution in [0.15, 0.2) is 54.6 Å². The molecular formula is C30H37N3O4S. The number of benzene rings is 1. The molecule has 5 atom stereocenters. The summed E-state index contributed by atoms with van der Waals surface area (Å²) in [5.41, 5.74) is 1.06. The van der Waals surface area contributed by atoms with Gasteiger partial charge >= 0.3 is 0 Å². The summed E-state index contributed by atoms with van der Waals surface area (Å²) in [7, 11) is 0. The van der Waals surface area contributed by atoms with E-state index in [4.69, 9.17) is 0 Å². The van der Waals surface area contributed by atoms with Crippen molar-refractivity contribution >= 4 is 29.5 Å². The van der Waals surface area contributed by atoms with Gasteiger partial charge in [-0.05, 0) is 24.8 Å². The van der Waals surface area contributed by atoms with Gasteiger partial charge in [0.1, 0.15) is 6.04 Å². The molecule has 6 rings (SSSR count). The van der Waals surface area contributed by atoms with Crippen molar-refractivity contribution in [1.29, 1.82) is 0 Å². The molecule has 1 aromatic carbocycles. The van der Waals surface area contributed by atoms with Crippen LogP contribution < -0.4 is 0 Å². The Labute approximate surface area is 228 Å². The summed E-state index contributed by atoms with van der Waals surface area (Å²) in [6.45, 7) is 1.84. The molecule has 5 aliphatic rings. The van der Waals surface area contributed by atoms with Gasteiger partial charge in [-0.15, -0.1) is 11.8 Å². The molecule has 202 valence electrons. The SMILES string of the molecule is O=C1[C@@H]2[C@H](C=CCN1Cc1ccccc1)S[C@]13C=CCN(C4CCCCC4)C(=O)C1N(CCCO)C(=O)[C@H]23. The molecule has 7 nitrogen and oxygen atoms in total. The number of fused-ring (bicyclic) bond motifs is 2. The molecule has 0 bridgehead atoms. The first-order valence-corrected chi connectivity index (χ1v) is 15.0. The number of hydrogen-bond donors (Lipinski definition) is 1. The maximum Gasteiger partial charge on any atom is 0.247 e. The molecule has 1 saturated carbocycles. The number of rotatable bonds is 6. The molecule has 3 fully saturated rings. The summed E-state index contributed by atoms with van der Waals surface area (Å²) in [4.78, 5) is 48.3. The van der Waals surface area contributed by atoms with E-state index in [1.165, 1.54) is 6.42 Å². The smallest absolute Gasteiger partial charge is 0.247 e. The lowest BCUT2D eigenvalue weighted by Crippen LogP contribution is -2.55. The van der Waals surface area contributed by atoms with Crippen LogP contribution in [0.3, 0.4) is 0 Å². The average molecular weight is 536 g/mol. The van der Waals surface area contributed by atoms with Crippen molar-refractivity contribution in [1.82, 2.24) is 14.7 Å². The Morgan fingerprint density at radius 3 is 2.50 bits per heavy atom. The van der Waals surface area contributed by atoms with Crippen LogP contribution in [0.5, 0.6) is 0 Å². The zero-order chi connectivity index (χ0) is 26.3. The third-order valence-corrected chi connectivity index (χ3v) is 10.8. The summed E-state index contributed by atoms with van der Waals surface area (Å²) in [5.74, 6) is -1.23.